The minimum absolute atomic E-state index is 0.244. The average Bonchev–Trinajstić information content (AvgIpc) is 2.34. The number of nitrogens with one attached hydrogen (secondary N) is 1. The van der Waals surface area contributed by atoms with Gasteiger partial charge in [-0.2, -0.15) is 5.26 Å². The average molecular weight is 227 g/mol. The van der Waals surface area contributed by atoms with Gasteiger partial charge in [0, 0.05) is 6.20 Å². The maximum atomic E-state index is 13.5. The molecule has 0 bridgehead atoms. The lowest BCUT2D eigenvalue weighted by Crippen LogP contribution is -1.98. The molecule has 2 aromatic rings. The van der Waals surface area contributed by atoms with Gasteiger partial charge in [0.05, 0.1) is 11.4 Å². The van der Waals surface area contributed by atoms with Gasteiger partial charge in [0.25, 0.3) is 0 Å². The van der Waals surface area contributed by atoms with Crippen LogP contribution in [0.3, 0.4) is 0 Å². The van der Waals surface area contributed by atoms with Crippen molar-refractivity contribution < 1.29 is 4.39 Å². The molecule has 1 heterocycles. The minimum atomic E-state index is -0.358. The van der Waals surface area contributed by atoms with Crippen molar-refractivity contribution >= 4 is 11.4 Å². The molecule has 0 aliphatic carbocycles. The van der Waals surface area contributed by atoms with Crippen LogP contribution in [0.5, 0.6) is 0 Å². The molecule has 1 aromatic carbocycles. The van der Waals surface area contributed by atoms with Crippen LogP contribution < -0.4 is 5.32 Å². The molecule has 4 heteroatoms. The number of nitriles is 1. The molecule has 0 saturated heterocycles. The van der Waals surface area contributed by atoms with Gasteiger partial charge in [0.2, 0.25) is 0 Å². The van der Waals surface area contributed by atoms with E-state index in [0.29, 0.717) is 11.4 Å². The number of benzene rings is 1. The zero-order chi connectivity index (χ0) is 12.3. The van der Waals surface area contributed by atoms with Crippen molar-refractivity contribution in [1.29, 1.82) is 5.26 Å². The summed E-state index contributed by atoms with van der Waals surface area (Å²) in [5.41, 5.74) is 2.03. The molecule has 0 aliphatic heterocycles. The Morgan fingerprint density at radius 3 is 2.88 bits per heavy atom. The van der Waals surface area contributed by atoms with E-state index in [1.807, 2.05) is 13.0 Å². The number of nitrogens with zero attached hydrogens (tertiary/aromatic N) is 2. The van der Waals surface area contributed by atoms with Crippen molar-refractivity contribution in [3.05, 3.63) is 53.6 Å². The fourth-order valence-electron chi connectivity index (χ4n) is 1.48. The molecule has 0 fully saturated rings. The van der Waals surface area contributed by atoms with Crippen molar-refractivity contribution in [1.82, 2.24) is 4.98 Å². The van der Waals surface area contributed by atoms with E-state index in [4.69, 9.17) is 5.26 Å². The summed E-state index contributed by atoms with van der Waals surface area (Å²) in [7, 11) is 0. The summed E-state index contributed by atoms with van der Waals surface area (Å²) in [5, 5.41) is 11.7. The summed E-state index contributed by atoms with van der Waals surface area (Å²) in [6.07, 6.45) is 1.52. The van der Waals surface area contributed by atoms with Crippen molar-refractivity contribution in [3.8, 4) is 6.07 Å². The van der Waals surface area contributed by atoms with E-state index in [9.17, 15) is 4.39 Å². The Balaban J connectivity index is 2.38. The first-order valence-electron chi connectivity index (χ1n) is 5.09. The Labute approximate surface area is 98.5 Å². The normalized spacial score (nSPS) is 9.71. The fourth-order valence-corrected chi connectivity index (χ4v) is 1.48. The molecule has 0 saturated carbocycles. The molecule has 17 heavy (non-hydrogen) atoms. The van der Waals surface area contributed by atoms with Crippen molar-refractivity contribution in [3.63, 3.8) is 0 Å². The second-order valence-electron chi connectivity index (χ2n) is 3.62. The highest BCUT2D eigenvalue weighted by atomic mass is 19.1. The standard InChI is InChI=1S/C13H10FN3/c1-9-4-5-10(14)12(7-9)17-11-3-2-6-16-13(11)8-15/h2-7,17H,1H3. The van der Waals surface area contributed by atoms with Crippen LogP contribution in [0.1, 0.15) is 11.3 Å². The van der Waals surface area contributed by atoms with E-state index in [1.165, 1.54) is 12.3 Å². The zero-order valence-corrected chi connectivity index (χ0v) is 9.24. The first-order valence-corrected chi connectivity index (χ1v) is 5.09. The van der Waals surface area contributed by atoms with Crippen LogP contribution in [0.25, 0.3) is 0 Å². The molecule has 0 amide bonds. The molecule has 0 radical (unpaired) electrons. The monoisotopic (exact) mass is 227 g/mol. The molecule has 0 spiro atoms. The minimum Gasteiger partial charge on any atom is -0.351 e. The van der Waals surface area contributed by atoms with E-state index < -0.39 is 0 Å². The van der Waals surface area contributed by atoms with E-state index in [0.717, 1.165) is 5.56 Å². The van der Waals surface area contributed by atoms with Gasteiger partial charge < -0.3 is 5.32 Å². The quantitative estimate of drug-likeness (QED) is 0.857. The number of rotatable bonds is 2. The van der Waals surface area contributed by atoms with Crippen LogP contribution in [0.2, 0.25) is 0 Å². The third-order valence-electron chi connectivity index (χ3n) is 2.30. The molecule has 0 atom stereocenters. The number of pyridine rings is 1. The highest BCUT2D eigenvalue weighted by Gasteiger charge is 2.06. The number of aryl methyl sites for hydroxylation is 1. The van der Waals surface area contributed by atoms with Gasteiger partial charge in [-0.25, -0.2) is 9.37 Å². The molecule has 3 nitrogen and oxygen atoms in total. The van der Waals surface area contributed by atoms with Gasteiger partial charge in [0.1, 0.15) is 11.9 Å². The smallest absolute Gasteiger partial charge is 0.163 e. The van der Waals surface area contributed by atoms with Gasteiger partial charge >= 0.3 is 0 Å². The van der Waals surface area contributed by atoms with Crippen molar-refractivity contribution in [2.24, 2.45) is 0 Å². The van der Waals surface area contributed by atoms with Gasteiger partial charge in [0.15, 0.2) is 5.69 Å². The predicted molar refractivity (Wildman–Crippen MR) is 63.4 cm³/mol. The Bertz CT molecular complexity index is 587. The van der Waals surface area contributed by atoms with Crippen LogP contribution in [-0.2, 0) is 0 Å². The number of aromatic nitrogens is 1. The maximum absolute atomic E-state index is 13.5. The Morgan fingerprint density at radius 1 is 1.29 bits per heavy atom. The first kappa shape index (κ1) is 11.1. The first-order chi connectivity index (χ1) is 8.20. The largest absolute Gasteiger partial charge is 0.351 e. The topological polar surface area (TPSA) is 48.7 Å². The molecular formula is C13H10FN3. The highest BCUT2D eigenvalue weighted by molar-refractivity contribution is 5.65. The predicted octanol–water partition coefficient (Wildman–Crippen LogP) is 3.14. The van der Waals surface area contributed by atoms with Crippen LogP contribution in [0, 0.1) is 24.1 Å². The molecule has 0 aliphatic rings. The molecule has 1 N–H and O–H groups in total. The van der Waals surface area contributed by atoms with Crippen LogP contribution >= 0.6 is 0 Å². The highest BCUT2D eigenvalue weighted by Crippen LogP contribution is 2.22. The fraction of sp³-hybridized carbons (Fsp3) is 0.0769. The molecular weight excluding hydrogens is 217 g/mol. The lowest BCUT2D eigenvalue weighted by molar-refractivity contribution is 0.631. The second-order valence-corrected chi connectivity index (χ2v) is 3.62. The lowest BCUT2D eigenvalue weighted by atomic mass is 10.2. The van der Waals surface area contributed by atoms with Gasteiger partial charge in [-0.05, 0) is 36.8 Å². The zero-order valence-electron chi connectivity index (χ0n) is 9.24. The summed E-state index contributed by atoms with van der Waals surface area (Å²) in [4.78, 5) is 3.90. The van der Waals surface area contributed by atoms with E-state index in [1.54, 1.807) is 24.3 Å². The van der Waals surface area contributed by atoms with E-state index >= 15 is 0 Å². The Hall–Kier alpha value is -2.41. The SMILES string of the molecule is Cc1ccc(F)c(Nc2cccnc2C#N)c1. The van der Waals surface area contributed by atoms with Crippen LogP contribution in [0.4, 0.5) is 15.8 Å². The summed E-state index contributed by atoms with van der Waals surface area (Å²) >= 11 is 0. The van der Waals surface area contributed by atoms with Crippen molar-refractivity contribution in [2.75, 3.05) is 5.32 Å². The number of hydrogen-bond acceptors (Lipinski definition) is 3. The molecule has 0 unspecified atom stereocenters. The van der Waals surface area contributed by atoms with Gasteiger partial charge in [-0.3, -0.25) is 0 Å². The summed E-state index contributed by atoms with van der Waals surface area (Å²) in [5.74, 6) is -0.358. The van der Waals surface area contributed by atoms with Crippen LogP contribution in [-0.4, -0.2) is 4.98 Å². The lowest BCUT2D eigenvalue weighted by Gasteiger charge is -2.09. The van der Waals surface area contributed by atoms with Crippen LogP contribution in [0.15, 0.2) is 36.5 Å². The Kier molecular flexibility index (Phi) is 3.01. The number of anilines is 2. The third-order valence-corrected chi connectivity index (χ3v) is 2.30. The van der Waals surface area contributed by atoms with Crippen molar-refractivity contribution in [2.45, 2.75) is 6.92 Å². The number of hydrogen-bond donors (Lipinski definition) is 1. The van der Waals surface area contributed by atoms with Gasteiger partial charge in [-0.1, -0.05) is 6.07 Å². The van der Waals surface area contributed by atoms with E-state index in [2.05, 4.69) is 10.3 Å². The molecule has 2 rings (SSSR count). The number of halogens is 1. The summed E-state index contributed by atoms with van der Waals surface area (Å²) in [6.45, 7) is 1.87. The Morgan fingerprint density at radius 2 is 2.12 bits per heavy atom. The summed E-state index contributed by atoms with van der Waals surface area (Å²) in [6, 6.07) is 10.1. The van der Waals surface area contributed by atoms with Gasteiger partial charge in [-0.15, -0.1) is 0 Å². The second kappa shape index (κ2) is 4.62. The third kappa shape index (κ3) is 2.40. The van der Waals surface area contributed by atoms with E-state index in [-0.39, 0.29) is 11.5 Å². The summed E-state index contributed by atoms with van der Waals surface area (Å²) < 4.78 is 13.5. The molecule has 1 aromatic heterocycles. The maximum Gasteiger partial charge on any atom is 0.163 e. The molecule has 84 valence electrons.